The van der Waals surface area contributed by atoms with Crippen LogP contribution in [0.2, 0.25) is 0 Å². The number of phenolic OH excluding ortho intramolecular Hbond substituents is 1. The molecule has 0 aliphatic heterocycles. The Hall–Kier alpha value is -0.680. The van der Waals surface area contributed by atoms with Crippen LogP contribution in [0, 0.1) is 0 Å². The quantitative estimate of drug-likeness (QED) is 0.681. The van der Waals surface area contributed by atoms with Crippen LogP contribution in [0.15, 0.2) is 15.4 Å². The summed E-state index contributed by atoms with van der Waals surface area (Å²) >= 11 is 4.65. The second-order valence-corrected chi connectivity index (χ2v) is 4.09. The van der Waals surface area contributed by atoms with Gasteiger partial charge in [-0.2, -0.15) is 0 Å². The predicted molar refractivity (Wildman–Crippen MR) is 59.5 cm³/mol. The molecule has 0 heterocycles. The largest absolute Gasteiger partial charge is 0.506 e. The summed E-state index contributed by atoms with van der Waals surface area (Å²) in [5.41, 5.74) is 0.214. The van der Waals surface area contributed by atoms with Gasteiger partial charge in [-0.05, 0) is 28.3 Å². The zero-order valence-electron chi connectivity index (χ0n) is 7.70. The monoisotopic (exact) mass is 276 g/mol. The van der Waals surface area contributed by atoms with Gasteiger partial charge in [0.1, 0.15) is 11.5 Å². The fourth-order valence-corrected chi connectivity index (χ4v) is 2.58. The second-order valence-electron chi connectivity index (χ2n) is 2.48. The van der Waals surface area contributed by atoms with Crippen molar-refractivity contribution in [2.75, 3.05) is 13.4 Å². The molecular weight excluding hydrogens is 268 g/mol. The van der Waals surface area contributed by atoms with Crippen molar-refractivity contribution >= 4 is 34.0 Å². The van der Waals surface area contributed by atoms with Gasteiger partial charge in [0.15, 0.2) is 6.29 Å². The molecule has 0 spiro atoms. The van der Waals surface area contributed by atoms with Crippen molar-refractivity contribution in [3.8, 4) is 11.5 Å². The van der Waals surface area contributed by atoms with E-state index >= 15 is 0 Å². The van der Waals surface area contributed by atoms with Crippen molar-refractivity contribution in [2.45, 2.75) is 4.90 Å². The number of thioether (sulfide) groups is 1. The Labute approximate surface area is 94.6 Å². The van der Waals surface area contributed by atoms with Gasteiger partial charge in [0.2, 0.25) is 0 Å². The molecule has 0 radical (unpaired) electrons. The van der Waals surface area contributed by atoms with Crippen LogP contribution < -0.4 is 4.74 Å². The number of rotatable bonds is 3. The van der Waals surface area contributed by atoms with E-state index in [0.717, 1.165) is 4.90 Å². The van der Waals surface area contributed by atoms with Gasteiger partial charge in [0, 0.05) is 0 Å². The van der Waals surface area contributed by atoms with E-state index in [0.29, 0.717) is 16.5 Å². The molecule has 1 N–H and O–H groups in total. The molecule has 0 aliphatic carbocycles. The van der Waals surface area contributed by atoms with E-state index in [4.69, 9.17) is 4.74 Å². The molecule has 0 bridgehead atoms. The second kappa shape index (κ2) is 4.70. The van der Waals surface area contributed by atoms with E-state index < -0.39 is 0 Å². The number of hydrogen-bond acceptors (Lipinski definition) is 4. The molecular formula is C9H9BrO3S. The molecule has 1 aromatic carbocycles. The van der Waals surface area contributed by atoms with Crippen LogP contribution in [-0.4, -0.2) is 24.8 Å². The normalized spacial score (nSPS) is 9.93. The summed E-state index contributed by atoms with van der Waals surface area (Å²) in [5.74, 6) is 0.523. The lowest BCUT2D eigenvalue weighted by Gasteiger charge is -2.11. The van der Waals surface area contributed by atoms with Crippen LogP contribution >= 0.6 is 27.7 Å². The van der Waals surface area contributed by atoms with Gasteiger partial charge < -0.3 is 9.84 Å². The number of carbonyl (C=O) groups is 1. The van der Waals surface area contributed by atoms with Crippen LogP contribution in [-0.2, 0) is 0 Å². The van der Waals surface area contributed by atoms with E-state index in [-0.39, 0.29) is 11.3 Å². The predicted octanol–water partition coefficient (Wildman–Crippen LogP) is 2.70. The van der Waals surface area contributed by atoms with Crippen molar-refractivity contribution in [3.05, 3.63) is 16.1 Å². The molecule has 0 amide bonds. The Morgan fingerprint density at radius 1 is 1.64 bits per heavy atom. The molecule has 1 rings (SSSR count). The lowest BCUT2D eigenvalue weighted by atomic mass is 10.2. The third-order valence-electron chi connectivity index (χ3n) is 1.74. The number of phenols is 1. The zero-order valence-corrected chi connectivity index (χ0v) is 10.1. The number of ether oxygens (including phenoxy) is 1. The molecule has 0 saturated carbocycles. The average Bonchev–Trinajstić information content (AvgIpc) is 2.21. The molecule has 3 nitrogen and oxygen atoms in total. The number of benzene rings is 1. The molecule has 76 valence electrons. The number of aromatic hydroxyl groups is 1. The van der Waals surface area contributed by atoms with Crippen molar-refractivity contribution in [1.29, 1.82) is 0 Å². The highest BCUT2D eigenvalue weighted by molar-refractivity contribution is 9.10. The maximum absolute atomic E-state index is 10.6. The van der Waals surface area contributed by atoms with Gasteiger partial charge in [-0.25, -0.2) is 0 Å². The van der Waals surface area contributed by atoms with Crippen LogP contribution in [0.5, 0.6) is 11.5 Å². The standard InChI is InChI=1S/C9H9BrO3S/c1-13-6-3-5(4-11)8(12)7(10)9(6)14-2/h3-4,12H,1-2H3. The third-order valence-corrected chi connectivity index (χ3v) is 3.59. The highest BCUT2D eigenvalue weighted by atomic mass is 79.9. The smallest absolute Gasteiger partial charge is 0.153 e. The first-order valence-corrected chi connectivity index (χ1v) is 5.76. The molecule has 0 aliphatic rings. The summed E-state index contributed by atoms with van der Waals surface area (Å²) in [4.78, 5) is 11.4. The number of carbonyl (C=O) groups excluding carboxylic acids is 1. The fourth-order valence-electron chi connectivity index (χ4n) is 1.05. The molecule has 0 fully saturated rings. The first-order valence-electron chi connectivity index (χ1n) is 3.74. The summed E-state index contributed by atoms with van der Waals surface area (Å²) in [6.07, 6.45) is 2.45. The Bertz CT molecular complexity index is 366. The minimum atomic E-state index is -0.0508. The molecule has 0 aromatic heterocycles. The van der Waals surface area contributed by atoms with Gasteiger partial charge >= 0.3 is 0 Å². The van der Waals surface area contributed by atoms with Gasteiger partial charge in [0.05, 0.1) is 22.0 Å². The lowest BCUT2D eigenvalue weighted by Crippen LogP contribution is -1.91. The Morgan fingerprint density at radius 2 is 2.29 bits per heavy atom. The Balaban J connectivity index is 3.45. The van der Waals surface area contributed by atoms with Crippen LogP contribution in [0.4, 0.5) is 0 Å². The number of methoxy groups -OCH3 is 1. The summed E-state index contributed by atoms with van der Waals surface area (Å²) in [7, 11) is 1.52. The topological polar surface area (TPSA) is 46.5 Å². The first-order chi connectivity index (χ1) is 6.65. The highest BCUT2D eigenvalue weighted by Gasteiger charge is 2.15. The van der Waals surface area contributed by atoms with Crippen molar-refractivity contribution in [3.63, 3.8) is 0 Å². The van der Waals surface area contributed by atoms with Crippen molar-refractivity contribution in [2.24, 2.45) is 0 Å². The van der Waals surface area contributed by atoms with E-state index in [9.17, 15) is 9.90 Å². The number of halogens is 1. The molecule has 1 aromatic rings. The maximum atomic E-state index is 10.6. The molecule has 0 saturated heterocycles. The van der Waals surface area contributed by atoms with Gasteiger partial charge in [0.25, 0.3) is 0 Å². The van der Waals surface area contributed by atoms with Crippen LogP contribution in [0.25, 0.3) is 0 Å². The van der Waals surface area contributed by atoms with Gasteiger partial charge in [-0.1, -0.05) is 0 Å². The number of aldehydes is 1. The van der Waals surface area contributed by atoms with E-state index in [1.54, 1.807) is 0 Å². The minimum absolute atomic E-state index is 0.0508. The Kier molecular flexibility index (Phi) is 3.83. The van der Waals surface area contributed by atoms with E-state index in [1.807, 2.05) is 6.26 Å². The summed E-state index contributed by atoms with van der Waals surface area (Å²) in [6, 6.07) is 1.51. The zero-order chi connectivity index (χ0) is 10.7. The summed E-state index contributed by atoms with van der Waals surface area (Å²) in [5, 5.41) is 9.58. The average molecular weight is 277 g/mol. The van der Waals surface area contributed by atoms with Crippen LogP contribution in [0.3, 0.4) is 0 Å². The lowest BCUT2D eigenvalue weighted by molar-refractivity contribution is 0.112. The van der Waals surface area contributed by atoms with Crippen molar-refractivity contribution in [1.82, 2.24) is 0 Å². The number of hydrogen-bond donors (Lipinski definition) is 1. The molecule has 5 heteroatoms. The first kappa shape index (κ1) is 11.4. The van der Waals surface area contributed by atoms with E-state index in [1.165, 1.54) is 24.9 Å². The molecule has 0 unspecified atom stereocenters. The fraction of sp³-hybridized carbons (Fsp3) is 0.222. The molecule has 0 atom stereocenters. The van der Waals surface area contributed by atoms with Crippen LogP contribution in [0.1, 0.15) is 10.4 Å². The van der Waals surface area contributed by atoms with E-state index in [2.05, 4.69) is 15.9 Å². The van der Waals surface area contributed by atoms with Crippen molar-refractivity contribution < 1.29 is 14.6 Å². The summed E-state index contributed by atoms with van der Waals surface area (Å²) < 4.78 is 5.59. The minimum Gasteiger partial charge on any atom is -0.506 e. The van der Waals surface area contributed by atoms with Gasteiger partial charge in [-0.15, -0.1) is 11.8 Å². The third kappa shape index (κ3) is 1.88. The molecule has 14 heavy (non-hydrogen) atoms. The highest BCUT2D eigenvalue weighted by Crippen LogP contribution is 2.42. The summed E-state index contributed by atoms with van der Waals surface area (Å²) in [6.45, 7) is 0. The Morgan fingerprint density at radius 3 is 2.71 bits per heavy atom. The van der Waals surface area contributed by atoms with Gasteiger partial charge in [-0.3, -0.25) is 4.79 Å². The maximum Gasteiger partial charge on any atom is 0.153 e. The SMILES string of the molecule is COc1cc(C=O)c(O)c(Br)c1SC.